The van der Waals surface area contributed by atoms with Crippen molar-refractivity contribution in [2.75, 3.05) is 0 Å². The number of nitrogens with zero attached hydrogens (tertiary/aromatic N) is 1. The predicted molar refractivity (Wildman–Crippen MR) is 72.2 cm³/mol. The van der Waals surface area contributed by atoms with Gasteiger partial charge < -0.3 is 10.5 Å². The SMILES string of the molecule is CC1CCCC(Oc2ncccc2C(N)=S)C1. The van der Waals surface area contributed by atoms with Crippen molar-refractivity contribution in [3.05, 3.63) is 23.9 Å². The van der Waals surface area contributed by atoms with Crippen LogP contribution in [-0.4, -0.2) is 16.1 Å². The summed E-state index contributed by atoms with van der Waals surface area (Å²) in [7, 11) is 0. The highest BCUT2D eigenvalue weighted by molar-refractivity contribution is 7.80. The second-order valence-corrected chi connectivity index (χ2v) is 5.17. The molecule has 1 heterocycles. The lowest BCUT2D eigenvalue weighted by molar-refractivity contribution is 0.123. The summed E-state index contributed by atoms with van der Waals surface area (Å²) < 4.78 is 5.94. The molecule has 3 nitrogen and oxygen atoms in total. The van der Waals surface area contributed by atoms with Gasteiger partial charge in [0.1, 0.15) is 11.1 Å². The first-order valence-electron chi connectivity index (χ1n) is 6.08. The average molecular weight is 250 g/mol. The fourth-order valence-electron chi connectivity index (χ4n) is 2.32. The fourth-order valence-corrected chi connectivity index (χ4v) is 2.47. The van der Waals surface area contributed by atoms with E-state index < -0.39 is 0 Å². The highest BCUT2D eigenvalue weighted by atomic mass is 32.1. The van der Waals surface area contributed by atoms with Crippen LogP contribution in [0.5, 0.6) is 5.88 Å². The molecule has 4 heteroatoms. The highest BCUT2D eigenvalue weighted by Gasteiger charge is 2.21. The highest BCUT2D eigenvalue weighted by Crippen LogP contribution is 2.27. The maximum absolute atomic E-state index is 5.94. The van der Waals surface area contributed by atoms with Gasteiger partial charge in [-0.1, -0.05) is 25.6 Å². The number of hydrogen-bond acceptors (Lipinski definition) is 3. The molecule has 1 saturated carbocycles. The molecule has 1 aliphatic rings. The minimum absolute atomic E-state index is 0.252. The van der Waals surface area contributed by atoms with Crippen molar-refractivity contribution in [3.8, 4) is 5.88 Å². The number of ether oxygens (including phenoxy) is 1. The van der Waals surface area contributed by atoms with Gasteiger partial charge in [-0.05, 0) is 37.3 Å². The molecule has 2 rings (SSSR count). The third-order valence-corrected chi connectivity index (χ3v) is 3.42. The Morgan fingerprint density at radius 1 is 1.53 bits per heavy atom. The van der Waals surface area contributed by atoms with E-state index in [-0.39, 0.29) is 6.10 Å². The van der Waals surface area contributed by atoms with Crippen LogP contribution >= 0.6 is 12.2 Å². The van der Waals surface area contributed by atoms with E-state index in [2.05, 4.69) is 11.9 Å². The quantitative estimate of drug-likeness (QED) is 0.838. The van der Waals surface area contributed by atoms with E-state index in [4.69, 9.17) is 22.7 Å². The van der Waals surface area contributed by atoms with E-state index in [0.717, 1.165) is 24.3 Å². The largest absolute Gasteiger partial charge is 0.474 e. The zero-order valence-corrected chi connectivity index (χ0v) is 10.9. The molecule has 0 spiro atoms. The zero-order valence-electron chi connectivity index (χ0n) is 10.1. The van der Waals surface area contributed by atoms with Crippen molar-refractivity contribution >= 4 is 17.2 Å². The molecule has 1 aromatic rings. The Morgan fingerprint density at radius 3 is 3.06 bits per heavy atom. The Morgan fingerprint density at radius 2 is 2.35 bits per heavy atom. The van der Waals surface area contributed by atoms with E-state index in [1.165, 1.54) is 12.8 Å². The van der Waals surface area contributed by atoms with Crippen LogP contribution < -0.4 is 10.5 Å². The van der Waals surface area contributed by atoms with Crippen molar-refractivity contribution in [2.24, 2.45) is 11.7 Å². The predicted octanol–water partition coefficient (Wildman–Crippen LogP) is 2.67. The van der Waals surface area contributed by atoms with Gasteiger partial charge in [-0.15, -0.1) is 0 Å². The molecule has 0 aliphatic heterocycles. The fraction of sp³-hybridized carbons (Fsp3) is 0.538. The van der Waals surface area contributed by atoms with Crippen LogP contribution in [0.15, 0.2) is 18.3 Å². The van der Waals surface area contributed by atoms with Gasteiger partial charge in [0.15, 0.2) is 0 Å². The Kier molecular flexibility index (Phi) is 3.94. The van der Waals surface area contributed by atoms with E-state index in [1.807, 2.05) is 12.1 Å². The van der Waals surface area contributed by atoms with E-state index in [1.54, 1.807) is 6.20 Å². The Labute approximate surface area is 107 Å². The van der Waals surface area contributed by atoms with Gasteiger partial charge in [0, 0.05) is 6.20 Å². The summed E-state index contributed by atoms with van der Waals surface area (Å²) >= 11 is 5.00. The van der Waals surface area contributed by atoms with Gasteiger partial charge in [-0.2, -0.15) is 0 Å². The van der Waals surface area contributed by atoms with Gasteiger partial charge in [0.2, 0.25) is 5.88 Å². The number of aromatic nitrogens is 1. The van der Waals surface area contributed by atoms with Crippen LogP contribution in [0.4, 0.5) is 0 Å². The first-order valence-corrected chi connectivity index (χ1v) is 6.49. The van der Waals surface area contributed by atoms with Crippen molar-refractivity contribution in [2.45, 2.75) is 38.7 Å². The molecule has 1 aromatic heterocycles. The number of hydrogen-bond donors (Lipinski definition) is 1. The Hall–Kier alpha value is -1.16. The van der Waals surface area contributed by atoms with E-state index in [0.29, 0.717) is 10.9 Å². The smallest absolute Gasteiger partial charge is 0.223 e. The molecule has 92 valence electrons. The summed E-state index contributed by atoms with van der Waals surface area (Å²) in [6.07, 6.45) is 6.67. The number of pyridine rings is 1. The molecule has 0 saturated heterocycles. The molecule has 1 fully saturated rings. The zero-order chi connectivity index (χ0) is 12.3. The van der Waals surface area contributed by atoms with Crippen LogP contribution in [0.2, 0.25) is 0 Å². The van der Waals surface area contributed by atoms with Gasteiger partial charge in [-0.25, -0.2) is 4.98 Å². The van der Waals surface area contributed by atoms with Crippen molar-refractivity contribution in [1.82, 2.24) is 4.98 Å². The minimum atomic E-state index is 0.252. The lowest BCUT2D eigenvalue weighted by Crippen LogP contribution is -2.25. The summed E-state index contributed by atoms with van der Waals surface area (Å²) in [5.74, 6) is 1.31. The van der Waals surface area contributed by atoms with Crippen LogP contribution in [0.3, 0.4) is 0 Å². The van der Waals surface area contributed by atoms with Crippen molar-refractivity contribution in [1.29, 1.82) is 0 Å². The molecule has 0 radical (unpaired) electrons. The monoisotopic (exact) mass is 250 g/mol. The molecule has 0 amide bonds. The standard InChI is InChI=1S/C13H18N2OS/c1-9-4-2-5-10(8-9)16-13-11(12(14)17)6-3-7-15-13/h3,6-7,9-10H,2,4-5,8H2,1H3,(H2,14,17). The van der Waals surface area contributed by atoms with Crippen molar-refractivity contribution < 1.29 is 4.74 Å². The molecule has 0 aromatic carbocycles. The van der Waals surface area contributed by atoms with E-state index in [9.17, 15) is 0 Å². The first-order chi connectivity index (χ1) is 8.16. The number of rotatable bonds is 3. The number of thiocarbonyl (C=S) groups is 1. The lowest BCUT2D eigenvalue weighted by Gasteiger charge is -2.27. The lowest BCUT2D eigenvalue weighted by atomic mass is 9.89. The second-order valence-electron chi connectivity index (χ2n) is 4.73. The molecule has 2 atom stereocenters. The molecule has 0 bridgehead atoms. The summed E-state index contributed by atoms with van der Waals surface area (Å²) in [4.78, 5) is 4.57. The molecular formula is C13H18N2OS. The first kappa shape index (κ1) is 12.3. The Bertz CT molecular complexity index is 408. The summed E-state index contributed by atoms with van der Waals surface area (Å²) in [5, 5.41) is 0. The van der Waals surface area contributed by atoms with Gasteiger partial charge >= 0.3 is 0 Å². The molecule has 2 N–H and O–H groups in total. The van der Waals surface area contributed by atoms with Crippen LogP contribution in [0.25, 0.3) is 0 Å². The normalized spacial score (nSPS) is 24.3. The average Bonchev–Trinajstić information content (AvgIpc) is 2.29. The second kappa shape index (κ2) is 5.45. The summed E-state index contributed by atoms with van der Waals surface area (Å²) in [6.45, 7) is 2.27. The van der Waals surface area contributed by atoms with Gasteiger partial charge in [0.25, 0.3) is 0 Å². The molecule has 17 heavy (non-hydrogen) atoms. The third kappa shape index (κ3) is 3.16. The van der Waals surface area contributed by atoms with Gasteiger partial charge in [-0.3, -0.25) is 0 Å². The molecular weight excluding hydrogens is 232 g/mol. The van der Waals surface area contributed by atoms with Crippen LogP contribution in [0.1, 0.15) is 38.2 Å². The van der Waals surface area contributed by atoms with Crippen LogP contribution in [0, 0.1) is 5.92 Å². The summed E-state index contributed by atoms with van der Waals surface area (Å²) in [6, 6.07) is 3.68. The molecule has 2 unspecified atom stereocenters. The van der Waals surface area contributed by atoms with Crippen LogP contribution in [-0.2, 0) is 0 Å². The maximum atomic E-state index is 5.94. The summed E-state index contributed by atoms with van der Waals surface area (Å²) in [5.41, 5.74) is 6.40. The van der Waals surface area contributed by atoms with Gasteiger partial charge in [0.05, 0.1) is 5.56 Å². The Balaban J connectivity index is 2.10. The van der Waals surface area contributed by atoms with E-state index >= 15 is 0 Å². The van der Waals surface area contributed by atoms with Crippen molar-refractivity contribution in [3.63, 3.8) is 0 Å². The minimum Gasteiger partial charge on any atom is -0.474 e. The third-order valence-electron chi connectivity index (χ3n) is 3.20. The topological polar surface area (TPSA) is 48.1 Å². The maximum Gasteiger partial charge on any atom is 0.223 e. The molecule has 1 aliphatic carbocycles. The number of nitrogens with two attached hydrogens (primary N) is 1.